The summed E-state index contributed by atoms with van der Waals surface area (Å²) in [5.74, 6) is 0.977. The molecule has 1 atom stereocenters. The van der Waals surface area contributed by atoms with Crippen LogP contribution in [0.5, 0.6) is 0 Å². The minimum Gasteiger partial charge on any atom is -0.318 e. The van der Waals surface area contributed by atoms with E-state index >= 15 is 0 Å². The highest BCUT2D eigenvalue weighted by Gasteiger charge is 2.20. The third-order valence-electron chi connectivity index (χ3n) is 3.52. The number of anilines is 1. The Bertz CT molecular complexity index is 618. The van der Waals surface area contributed by atoms with Gasteiger partial charge in [-0.3, -0.25) is 4.98 Å². The van der Waals surface area contributed by atoms with E-state index in [1.165, 1.54) is 0 Å². The van der Waals surface area contributed by atoms with Crippen LogP contribution in [0.1, 0.15) is 32.4 Å². The average Bonchev–Trinajstić information content (AvgIpc) is 2.58. The third-order valence-corrected chi connectivity index (χ3v) is 4.34. The van der Waals surface area contributed by atoms with Gasteiger partial charge in [0, 0.05) is 18.9 Å². The van der Waals surface area contributed by atoms with E-state index in [2.05, 4.69) is 22.2 Å². The number of thioether (sulfide) groups is 1. The second-order valence-electron chi connectivity index (χ2n) is 5.00. The van der Waals surface area contributed by atoms with E-state index in [0.717, 1.165) is 16.3 Å². The van der Waals surface area contributed by atoms with Crippen molar-refractivity contribution in [2.45, 2.75) is 31.8 Å². The van der Waals surface area contributed by atoms with Gasteiger partial charge >= 0.3 is 6.03 Å². The molecular weight excluding hydrogens is 308 g/mol. The zero-order valence-corrected chi connectivity index (χ0v) is 14.5. The summed E-state index contributed by atoms with van der Waals surface area (Å²) in [6, 6.07) is 7.48. The Labute approximate surface area is 141 Å². The number of hydrogen-bond donors (Lipinski definition) is 1. The van der Waals surface area contributed by atoms with Crippen LogP contribution < -0.4 is 5.32 Å². The lowest BCUT2D eigenvalue weighted by Gasteiger charge is -2.28. The van der Waals surface area contributed by atoms with E-state index < -0.39 is 0 Å². The van der Waals surface area contributed by atoms with Gasteiger partial charge in [0.05, 0.1) is 23.0 Å². The summed E-state index contributed by atoms with van der Waals surface area (Å²) in [4.78, 5) is 22.8. The Morgan fingerprint density at radius 1 is 1.30 bits per heavy atom. The highest BCUT2D eigenvalue weighted by atomic mass is 32.2. The second kappa shape index (κ2) is 8.53. The fourth-order valence-electron chi connectivity index (χ4n) is 2.28. The topological polar surface area (TPSA) is 58.1 Å². The highest BCUT2D eigenvalue weighted by Crippen LogP contribution is 2.21. The van der Waals surface area contributed by atoms with Crippen LogP contribution in [-0.2, 0) is 0 Å². The van der Waals surface area contributed by atoms with Crippen LogP contribution in [0.4, 0.5) is 10.5 Å². The maximum absolute atomic E-state index is 12.5. The molecule has 122 valence electrons. The number of nitrogens with zero attached hydrogens (tertiary/aromatic N) is 3. The number of rotatable bonds is 6. The minimum atomic E-state index is -0.137. The Morgan fingerprint density at radius 3 is 2.70 bits per heavy atom. The first-order chi connectivity index (χ1) is 11.2. The molecule has 0 bridgehead atoms. The molecule has 2 amide bonds. The van der Waals surface area contributed by atoms with E-state index in [1.807, 2.05) is 38.1 Å². The van der Waals surface area contributed by atoms with Crippen LogP contribution in [-0.4, -0.2) is 33.2 Å². The quantitative estimate of drug-likeness (QED) is 0.806. The Hall–Kier alpha value is -2.08. The van der Waals surface area contributed by atoms with Gasteiger partial charge in [0.2, 0.25) is 0 Å². The van der Waals surface area contributed by atoms with Gasteiger partial charge in [-0.15, -0.1) is 11.8 Å². The summed E-state index contributed by atoms with van der Waals surface area (Å²) in [5, 5.41) is 3.87. The van der Waals surface area contributed by atoms with Crippen LogP contribution >= 0.6 is 11.8 Å². The fraction of sp³-hybridized carbons (Fsp3) is 0.353. The molecule has 0 aliphatic rings. The molecular formula is C17H22N4OS. The molecule has 5 nitrogen and oxygen atoms in total. The van der Waals surface area contributed by atoms with Crippen LogP contribution in [0.25, 0.3) is 0 Å². The summed E-state index contributed by atoms with van der Waals surface area (Å²) in [6.07, 6.45) is 5.21. The zero-order chi connectivity index (χ0) is 16.7. The van der Waals surface area contributed by atoms with Gasteiger partial charge < -0.3 is 10.2 Å². The van der Waals surface area contributed by atoms with Crippen LogP contribution in [0, 0.1) is 0 Å². The lowest BCUT2D eigenvalue weighted by atomic mass is 10.1. The highest BCUT2D eigenvalue weighted by molar-refractivity contribution is 7.99. The monoisotopic (exact) mass is 330 g/mol. The maximum atomic E-state index is 12.5. The molecule has 0 saturated heterocycles. The predicted molar refractivity (Wildman–Crippen MR) is 94.7 cm³/mol. The summed E-state index contributed by atoms with van der Waals surface area (Å²) in [6.45, 7) is 6.66. The lowest BCUT2D eigenvalue weighted by molar-refractivity contribution is 0.197. The number of nitrogens with one attached hydrogen (secondary N) is 1. The van der Waals surface area contributed by atoms with E-state index in [0.29, 0.717) is 12.2 Å². The van der Waals surface area contributed by atoms with E-state index in [9.17, 15) is 4.79 Å². The molecule has 1 unspecified atom stereocenters. The third kappa shape index (κ3) is 4.69. The summed E-state index contributed by atoms with van der Waals surface area (Å²) < 4.78 is 0. The Balaban J connectivity index is 2.05. The molecule has 6 heteroatoms. The zero-order valence-electron chi connectivity index (χ0n) is 13.7. The van der Waals surface area contributed by atoms with E-state index in [1.54, 1.807) is 35.3 Å². The molecule has 1 N–H and O–H groups in total. The molecule has 0 saturated carbocycles. The average molecular weight is 330 g/mol. The summed E-state index contributed by atoms with van der Waals surface area (Å²) >= 11 is 1.67. The fourth-order valence-corrected chi connectivity index (χ4v) is 2.87. The first-order valence-electron chi connectivity index (χ1n) is 7.72. The van der Waals surface area contributed by atoms with Gasteiger partial charge in [0.1, 0.15) is 0 Å². The summed E-state index contributed by atoms with van der Waals surface area (Å²) in [7, 11) is 0. The Morgan fingerprint density at radius 2 is 2.13 bits per heavy atom. The Kier molecular flexibility index (Phi) is 6.40. The number of carbonyl (C=O) groups is 1. The van der Waals surface area contributed by atoms with Gasteiger partial charge in [0.25, 0.3) is 0 Å². The van der Waals surface area contributed by atoms with Crippen LogP contribution in [0.2, 0.25) is 0 Å². The van der Waals surface area contributed by atoms with Crippen LogP contribution in [0.15, 0.2) is 47.9 Å². The molecule has 0 aliphatic heterocycles. The molecule has 2 heterocycles. The predicted octanol–water partition coefficient (Wildman–Crippen LogP) is 4.20. The molecule has 0 aromatic carbocycles. The van der Waals surface area contributed by atoms with Crippen molar-refractivity contribution < 1.29 is 4.79 Å². The van der Waals surface area contributed by atoms with Crippen molar-refractivity contribution in [3.8, 4) is 0 Å². The van der Waals surface area contributed by atoms with Crippen molar-refractivity contribution in [3.05, 3.63) is 48.4 Å². The van der Waals surface area contributed by atoms with Crippen molar-refractivity contribution in [2.75, 3.05) is 17.6 Å². The first-order valence-corrected chi connectivity index (χ1v) is 8.70. The smallest absolute Gasteiger partial charge is 0.318 e. The number of aromatic nitrogens is 2. The molecule has 2 rings (SSSR count). The summed E-state index contributed by atoms with van der Waals surface area (Å²) in [5.41, 5.74) is 1.71. The van der Waals surface area contributed by atoms with Gasteiger partial charge in [-0.2, -0.15) is 0 Å². The van der Waals surface area contributed by atoms with Gasteiger partial charge in [0.15, 0.2) is 0 Å². The van der Waals surface area contributed by atoms with Gasteiger partial charge in [-0.1, -0.05) is 13.0 Å². The molecule has 2 aromatic rings. The van der Waals surface area contributed by atoms with Gasteiger partial charge in [-0.05, 0) is 43.4 Å². The standard InChI is InChI=1S/C17H22N4OS/c1-4-21(13(3)14-7-6-10-18-11-14)17(22)20-15-8-9-16(19-12-15)23-5-2/h6-13H,4-5H2,1-3H3,(H,20,22). The minimum absolute atomic E-state index is 0.0448. The first kappa shape index (κ1) is 17.3. The number of pyridine rings is 2. The number of urea groups is 1. The molecule has 0 radical (unpaired) electrons. The second-order valence-corrected chi connectivity index (χ2v) is 6.28. The molecule has 0 fully saturated rings. The molecule has 0 aliphatic carbocycles. The van der Waals surface area contributed by atoms with E-state index in [-0.39, 0.29) is 12.1 Å². The van der Waals surface area contributed by atoms with Gasteiger partial charge in [-0.25, -0.2) is 9.78 Å². The number of hydrogen-bond acceptors (Lipinski definition) is 4. The van der Waals surface area contributed by atoms with E-state index in [4.69, 9.17) is 0 Å². The molecule has 2 aromatic heterocycles. The largest absolute Gasteiger partial charge is 0.322 e. The normalized spacial score (nSPS) is 11.8. The maximum Gasteiger partial charge on any atom is 0.322 e. The molecule has 23 heavy (non-hydrogen) atoms. The molecule has 0 spiro atoms. The van der Waals surface area contributed by atoms with Crippen molar-refractivity contribution in [1.29, 1.82) is 0 Å². The van der Waals surface area contributed by atoms with Crippen molar-refractivity contribution in [1.82, 2.24) is 14.9 Å². The van der Waals surface area contributed by atoms with Crippen molar-refractivity contribution in [3.63, 3.8) is 0 Å². The van der Waals surface area contributed by atoms with Crippen molar-refractivity contribution >= 4 is 23.5 Å². The number of amides is 2. The lowest BCUT2D eigenvalue weighted by Crippen LogP contribution is -2.36. The SMILES string of the molecule is CCSc1ccc(NC(=O)N(CC)C(C)c2cccnc2)cn1. The van der Waals surface area contributed by atoms with Crippen molar-refractivity contribution in [2.24, 2.45) is 0 Å². The van der Waals surface area contributed by atoms with Crippen LogP contribution in [0.3, 0.4) is 0 Å². The number of carbonyl (C=O) groups excluding carboxylic acids is 1.